The van der Waals surface area contributed by atoms with E-state index in [1.165, 1.54) is 12.8 Å². The summed E-state index contributed by atoms with van der Waals surface area (Å²) in [7, 11) is 0. The van der Waals surface area contributed by atoms with Gasteiger partial charge in [-0.2, -0.15) is 5.10 Å². The molecular formula is C13H22N4O. The van der Waals surface area contributed by atoms with Crippen molar-refractivity contribution in [2.45, 2.75) is 32.7 Å². The third-order valence-electron chi connectivity index (χ3n) is 3.53. The Kier molecular flexibility index (Phi) is 4.36. The van der Waals surface area contributed by atoms with Gasteiger partial charge >= 0.3 is 0 Å². The van der Waals surface area contributed by atoms with E-state index in [0.29, 0.717) is 13.0 Å². The summed E-state index contributed by atoms with van der Waals surface area (Å²) in [6.07, 6.45) is 6.47. The van der Waals surface area contributed by atoms with E-state index < -0.39 is 0 Å². The molecular weight excluding hydrogens is 228 g/mol. The number of piperidine rings is 1. The van der Waals surface area contributed by atoms with Crippen molar-refractivity contribution in [1.29, 1.82) is 0 Å². The summed E-state index contributed by atoms with van der Waals surface area (Å²) in [6, 6.07) is 1.87. The SMILES string of the molecule is CC1(CNC(=O)CCn2cccn2)CCCNC1. The summed E-state index contributed by atoms with van der Waals surface area (Å²) in [5, 5.41) is 10.5. The van der Waals surface area contributed by atoms with Crippen molar-refractivity contribution in [2.75, 3.05) is 19.6 Å². The lowest BCUT2D eigenvalue weighted by Gasteiger charge is -2.34. The predicted octanol–water partition coefficient (Wildman–Crippen LogP) is 0.779. The summed E-state index contributed by atoms with van der Waals surface area (Å²) in [5.41, 5.74) is 0.208. The van der Waals surface area contributed by atoms with Crippen LogP contribution in [0.1, 0.15) is 26.2 Å². The zero-order valence-electron chi connectivity index (χ0n) is 11.0. The standard InChI is InChI=1S/C13H22N4O/c1-13(5-2-6-14-10-13)11-15-12(18)4-9-17-8-3-7-16-17/h3,7-8,14H,2,4-6,9-11H2,1H3,(H,15,18). The highest BCUT2D eigenvalue weighted by molar-refractivity contribution is 5.75. The summed E-state index contributed by atoms with van der Waals surface area (Å²) in [6.45, 7) is 5.73. The third kappa shape index (κ3) is 3.84. The molecule has 5 nitrogen and oxygen atoms in total. The summed E-state index contributed by atoms with van der Waals surface area (Å²) in [4.78, 5) is 11.8. The molecule has 2 heterocycles. The highest BCUT2D eigenvalue weighted by Gasteiger charge is 2.26. The Balaban J connectivity index is 1.68. The Morgan fingerprint density at radius 2 is 2.50 bits per heavy atom. The molecule has 5 heteroatoms. The number of carbonyl (C=O) groups excluding carboxylic acids is 1. The Bertz CT molecular complexity index is 368. The van der Waals surface area contributed by atoms with Crippen molar-refractivity contribution in [3.8, 4) is 0 Å². The van der Waals surface area contributed by atoms with Crippen LogP contribution in [-0.2, 0) is 11.3 Å². The number of aryl methyl sites for hydroxylation is 1. The Morgan fingerprint density at radius 3 is 3.17 bits per heavy atom. The first-order valence-electron chi connectivity index (χ1n) is 6.63. The lowest BCUT2D eigenvalue weighted by atomic mass is 9.83. The second kappa shape index (κ2) is 6.00. The van der Waals surface area contributed by atoms with E-state index in [2.05, 4.69) is 22.7 Å². The van der Waals surface area contributed by atoms with E-state index in [1.807, 2.05) is 12.3 Å². The van der Waals surface area contributed by atoms with E-state index in [1.54, 1.807) is 10.9 Å². The molecule has 1 aliphatic rings. The second-order valence-electron chi connectivity index (χ2n) is 5.39. The van der Waals surface area contributed by atoms with Gasteiger partial charge in [-0.1, -0.05) is 6.92 Å². The molecule has 18 heavy (non-hydrogen) atoms. The first kappa shape index (κ1) is 13.1. The molecule has 2 N–H and O–H groups in total. The van der Waals surface area contributed by atoms with Crippen LogP contribution in [0.25, 0.3) is 0 Å². The van der Waals surface area contributed by atoms with Gasteiger partial charge in [-0.15, -0.1) is 0 Å². The third-order valence-corrected chi connectivity index (χ3v) is 3.53. The molecule has 2 rings (SSSR count). The van der Waals surface area contributed by atoms with Crippen LogP contribution in [0.15, 0.2) is 18.5 Å². The number of nitrogens with one attached hydrogen (secondary N) is 2. The predicted molar refractivity (Wildman–Crippen MR) is 70.1 cm³/mol. The van der Waals surface area contributed by atoms with Crippen LogP contribution < -0.4 is 10.6 Å². The van der Waals surface area contributed by atoms with Crippen molar-refractivity contribution in [1.82, 2.24) is 20.4 Å². The number of hydrogen-bond acceptors (Lipinski definition) is 3. The summed E-state index contributed by atoms with van der Waals surface area (Å²) < 4.78 is 1.78. The molecule has 1 aromatic rings. The van der Waals surface area contributed by atoms with Gasteiger partial charge in [0.25, 0.3) is 0 Å². The number of aromatic nitrogens is 2. The average Bonchev–Trinajstić information content (AvgIpc) is 2.88. The van der Waals surface area contributed by atoms with Gasteiger partial charge < -0.3 is 10.6 Å². The minimum absolute atomic E-state index is 0.109. The molecule has 1 aromatic heterocycles. The van der Waals surface area contributed by atoms with Crippen molar-refractivity contribution in [2.24, 2.45) is 5.41 Å². The smallest absolute Gasteiger partial charge is 0.221 e. The van der Waals surface area contributed by atoms with Crippen LogP contribution in [0.5, 0.6) is 0 Å². The lowest BCUT2D eigenvalue weighted by Crippen LogP contribution is -2.45. The van der Waals surface area contributed by atoms with Crippen LogP contribution in [0.2, 0.25) is 0 Å². The minimum Gasteiger partial charge on any atom is -0.355 e. The topological polar surface area (TPSA) is 59.0 Å². The van der Waals surface area contributed by atoms with Crippen LogP contribution in [-0.4, -0.2) is 35.3 Å². The van der Waals surface area contributed by atoms with Crippen molar-refractivity contribution < 1.29 is 4.79 Å². The van der Waals surface area contributed by atoms with Crippen LogP contribution in [0, 0.1) is 5.41 Å². The van der Waals surface area contributed by atoms with Crippen LogP contribution in [0.4, 0.5) is 0 Å². The molecule has 1 unspecified atom stereocenters. The Labute approximate surface area is 108 Å². The minimum atomic E-state index is 0.109. The van der Waals surface area contributed by atoms with E-state index >= 15 is 0 Å². The van der Waals surface area contributed by atoms with Crippen LogP contribution in [0.3, 0.4) is 0 Å². The maximum absolute atomic E-state index is 11.8. The van der Waals surface area contributed by atoms with Gasteiger partial charge in [0.1, 0.15) is 0 Å². The molecule has 0 radical (unpaired) electrons. The first-order chi connectivity index (χ1) is 8.68. The van der Waals surface area contributed by atoms with Crippen molar-refractivity contribution in [3.05, 3.63) is 18.5 Å². The number of carbonyl (C=O) groups is 1. The number of hydrogen-bond donors (Lipinski definition) is 2. The number of nitrogens with zero attached hydrogens (tertiary/aromatic N) is 2. The summed E-state index contributed by atoms with van der Waals surface area (Å²) >= 11 is 0. The molecule has 100 valence electrons. The summed E-state index contributed by atoms with van der Waals surface area (Å²) in [5.74, 6) is 0.109. The fourth-order valence-electron chi connectivity index (χ4n) is 2.32. The maximum atomic E-state index is 11.8. The molecule has 0 aliphatic carbocycles. The monoisotopic (exact) mass is 250 g/mol. The van der Waals surface area contributed by atoms with E-state index in [9.17, 15) is 4.79 Å². The first-order valence-corrected chi connectivity index (χ1v) is 6.63. The fourth-order valence-corrected chi connectivity index (χ4v) is 2.32. The zero-order valence-corrected chi connectivity index (χ0v) is 11.0. The van der Waals surface area contributed by atoms with Gasteiger partial charge in [-0.25, -0.2) is 0 Å². The highest BCUT2D eigenvalue weighted by atomic mass is 16.1. The molecule has 0 aromatic carbocycles. The highest BCUT2D eigenvalue weighted by Crippen LogP contribution is 2.24. The van der Waals surface area contributed by atoms with E-state index in [-0.39, 0.29) is 11.3 Å². The molecule has 1 atom stereocenters. The van der Waals surface area contributed by atoms with Gasteiger partial charge in [0.15, 0.2) is 0 Å². The number of rotatable bonds is 5. The van der Waals surface area contributed by atoms with Gasteiger partial charge in [0, 0.05) is 38.4 Å². The van der Waals surface area contributed by atoms with Gasteiger partial charge in [-0.05, 0) is 30.9 Å². The lowest BCUT2D eigenvalue weighted by molar-refractivity contribution is -0.121. The van der Waals surface area contributed by atoms with Gasteiger partial charge in [0.05, 0.1) is 0 Å². The fraction of sp³-hybridized carbons (Fsp3) is 0.692. The Morgan fingerprint density at radius 1 is 1.61 bits per heavy atom. The second-order valence-corrected chi connectivity index (χ2v) is 5.39. The molecule has 0 saturated carbocycles. The largest absolute Gasteiger partial charge is 0.355 e. The molecule has 1 saturated heterocycles. The molecule has 0 spiro atoms. The van der Waals surface area contributed by atoms with Gasteiger partial charge in [-0.3, -0.25) is 9.48 Å². The van der Waals surface area contributed by atoms with E-state index in [4.69, 9.17) is 0 Å². The number of amides is 1. The van der Waals surface area contributed by atoms with Crippen molar-refractivity contribution in [3.63, 3.8) is 0 Å². The molecule has 0 bridgehead atoms. The van der Waals surface area contributed by atoms with Crippen molar-refractivity contribution >= 4 is 5.91 Å². The molecule has 1 fully saturated rings. The van der Waals surface area contributed by atoms with Crippen LogP contribution >= 0.6 is 0 Å². The van der Waals surface area contributed by atoms with E-state index in [0.717, 1.165) is 19.6 Å². The average molecular weight is 250 g/mol. The zero-order chi connectivity index (χ0) is 12.8. The van der Waals surface area contributed by atoms with Gasteiger partial charge in [0.2, 0.25) is 5.91 Å². The quantitative estimate of drug-likeness (QED) is 0.812. The normalized spacial score (nSPS) is 23.8. The molecule has 1 amide bonds. The molecule has 1 aliphatic heterocycles. The Hall–Kier alpha value is -1.36. The maximum Gasteiger partial charge on any atom is 0.221 e.